The monoisotopic (exact) mass is 241 g/mol. The topological polar surface area (TPSA) is 29.1 Å². The first-order valence-electron chi connectivity index (χ1n) is 4.18. The molecule has 1 N–H and O–H groups in total. The van der Waals surface area contributed by atoms with Gasteiger partial charge in [0, 0.05) is 10.2 Å². The minimum absolute atomic E-state index is 0.718. The minimum Gasteiger partial charge on any atom is -0.328 e. The van der Waals surface area contributed by atoms with Gasteiger partial charge in [0.05, 0.1) is 0 Å². The molecule has 0 spiro atoms. The first kappa shape index (κ1) is 10.3. The van der Waals surface area contributed by atoms with Gasteiger partial charge in [0.1, 0.15) is 0 Å². The van der Waals surface area contributed by atoms with Gasteiger partial charge in [-0.1, -0.05) is 22.9 Å². The van der Waals surface area contributed by atoms with Crippen molar-refractivity contribution < 1.29 is 4.79 Å². The van der Waals surface area contributed by atoms with Gasteiger partial charge in [0.15, 0.2) is 0 Å². The summed E-state index contributed by atoms with van der Waals surface area (Å²) in [5.41, 5.74) is 3.16. The number of benzene rings is 1. The number of rotatable bonds is 3. The highest BCUT2D eigenvalue weighted by molar-refractivity contribution is 9.10. The molecule has 1 aromatic rings. The molecule has 0 saturated carbocycles. The molecule has 0 unspecified atom stereocenters. The highest BCUT2D eigenvalue weighted by Gasteiger charge is 2.04. The fourth-order valence-corrected chi connectivity index (χ4v) is 1.98. The van der Waals surface area contributed by atoms with Crippen molar-refractivity contribution >= 4 is 28.0 Å². The van der Waals surface area contributed by atoms with Crippen molar-refractivity contribution in [3.63, 3.8) is 0 Å². The van der Waals surface area contributed by atoms with Crippen LogP contribution in [0.25, 0.3) is 0 Å². The van der Waals surface area contributed by atoms with E-state index in [0.717, 1.165) is 34.1 Å². The van der Waals surface area contributed by atoms with Crippen molar-refractivity contribution in [2.45, 2.75) is 20.3 Å². The van der Waals surface area contributed by atoms with Gasteiger partial charge in [-0.05, 0) is 36.6 Å². The molecule has 0 saturated heterocycles. The van der Waals surface area contributed by atoms with E-state index in [1.54, 1.807) is 0 Å². The summed E-state index contributed by atoms with van der Waals surface area (Å²) in [6, 6.07) is 4.02. The number of aryl methyl sites for hydroxylation is 2. The van der Waals surface area contributed by atoms with Gasteiger partial charge >= 0.3 is 0 Å². The van der Waals surface area contributed by atoms with Gasteiger partial charge in [0.25, 0.3) is 0 Å². The molecule has 0 radical (unpaired) electrons. The summed E-state index contributed by atoms with van der Waals surface area (Å²) in [6.45, 7) is 4.05. The molecule has 1 rings (SSSR count). The molecular weight excluding hydrogens is 230 g/mol. The van der Waals surface area contributed by atoms with Crippen LogP contribution in [0.3, 0.4) is 0 Å². The Bertz CT molecular complexity index is 323. The molecule has 0 aliphatic rings. The standard InChI is InChI=1S/C10H12BrNO/c1-3-8-5-9(11)4-7(2)10(8)12-6-13/h4-6H,3H2,1-2H3,(H,12,13). The fourth-order valence-electron chi connectivity index (χ4n) is 1.36. The molecule has 70 valence electrons. The van der Waals surface area contributed by atoms with E-state index in [0.29, 0.717) is 0 Å². The normalized spacial score (nSPS) is 9.77. The van der Waals surface area contributed by atoms with Crippen LogP contribution in [0.5, 0.6) is 0 Å². The van der Waals surface area contributed by atoms with E-state index in [2.05, 4.69) is 28.2 Å². The molecule has 0 fully saturated rings. The molecule has 3 heteroatoms. The van der Waals surface area contributed by atoms with Gasteiger partial charge in [-0.3, -0.25) is 4.79 Å². The second-order valence-electron chi connectivity index (χ2n) is 2.87. The Labute approximate surface area is 86.5 Å². The van der Waals surface area contributed by atoms with E-state index >= 15 is 0 Å². The lowest BCUT2D eigenvalue weighted by atomic mass is 10.1. The molecule has 0 atom stereocenters. The first-order chi connectivity index (χ1) is 6.19. The number of anilines is 1. The third kappa shape index (κ3) is 2.31. The van der Waals surface area contributed by atoms with E-state index in [-0.39, 0.29) is 0 Å². The highest BCUT2D eigenvalue weighted by Crippen LogP contribution is 2.25. The maximum Gasteiger partial charge on any atom is 0.211 e. The maximum absolute atomic E-state index is 10.4. The van der Waals surface area contributed by atoms with Crippen LogP contribution in [0.2, 0.25) is 0 Å². The van der Waals surface area contributed by atoms with Crippen molar-refractivity contribution in [3.8, 4) is 0 Å². The summed E-state index contributed by atoms with van der Waals surface area (Å²) in [6.07, 6.45) is 1.63. The van der Waals surface area contributed by atoms with Crippen LogP contribution < -0.4 is 5.32 Å². The summed E-state index contributed by atoms with van der Waals surface area (Å²) in [5.74, 6) is 0. The van der Waals surface area contributed by atoms with Gasteiger partial charge < -0.3 is 5.32 Å². The number of amides is 1. The average molecular weight is 242 g/mol. The summed E-state index contributed by atoms with van der Waals surface area (Å²) < 4.78 is 1.05. The fraction of sp³-hybridized carbons (Fsp3) is 0.300. The van der Waals surface area contributed by atoms with Gasteiger partial charge in [-0.2, -0.15) is 0 Å². The SMILES string of the molecule is CCc1cc(Br)cc(C)c1NC=O. The molecule has 0 aliphatic carbocycles. The van der Waals surface area contributed by atoms with E-state index in [1.807, 2.05) is 19.1 Å². The number of carbonyl (C=O) groups is 1. The summed E-state index contributed by atoms with van der Waals surface area (Å²) >= 11 is 3.42. The molecule has 0 aromatic heterocycles. The minimum atomic E-state index is 0.718. The smallest absolute Gasteiger partial charge is 0.211 e. The highest BCUT2D eigenvalue weighted by atomic mass is 79.9. The Hall–Kier alpha value is -0.830. The van der Waals surface area contributed by atoms with Crippen LogP contribution in [0.1, 0.15) is 18.1 Å². The van der Waals surface area contributed by atoms with Crippen LogP contribution in [0, 0.1) is 6.92 Å². The van der Waals surface area contributed by atoms with Gasteiger partial charge in [-0.25, -0.2) is 0 Å². The Morgan fingerprint density at radius 2 is 2.23 bits per heavy atom. The van der Waals surface area contributed by atoms with Crippen LogP contribution in [0.4, 0.5) is 5.69 Å². The number of hydrogen-bond donors (Lipinski definition) is 1. The quantitative estimate of drug-likeness (QED) is 0.811. The van der Waals surface area contributed by atoms with Crippen LogP contribution in [-0.4, -0.2) is 6.41 Å². The third-order valence-corrected chi connectivity index (χ3v) is 2.42. The Morgan fingerprint density at radius 3 is 2.77 bits per heavy atom. The van der Waals surface area contributed by atoms with Crippen molar-refractivity contribution in [3.05, 3.63) is 27.7 Å². The van der Waals surface area contributed by atoms with Crippen LogP contribution in [-0.2, 0) is 11.2 Å². The molecular formula is C10H12BrNO. The van der Waals surface area contributed by atoms with E-state index in [1.165, 1.54) is 0 Å². The van der Waals surface area contributed by atoms with Crippen molar-refractivity contribution in [1.29, 1.82) is 0 Å². The summed E-state index contributed by atoms with van der Waals surface area (Å²) in [7, 11) is 0. The van der Waals surface area contributed by atoms with Crippen molar-refractivity contribution in [2.24, 2.45) is 0 Å². The van der Waals surface area contributed by atoms with Crippen LogP contribution in [0.15, 0.2) is 16.6 Å². The molecule has 1 amide bonds. The molecule has 2 nitrogen and oxygen atoms in total. The maximum atomic E-state index is 10.4. The lowest BCUT2D eigenvalue weighted by molar-refractivity contribution is -0.105. The third-order valence-electron chi connectivity index (χ3n) is 1.97. The predicted molar refractivity (Wildman–Crippen MR) is 57.9 cm³/mol. The van der Waals surface area contributed by atoms with Crippen LogP contribution >= 0.6 is 15.9 Å². The number of carbonyl (C=O) groups excluding carboxylic acids is 1. The second kappa shape index (κ2) is 4.42. The van der Waals surface area contributed by atoms with Gasteiger partial charge in [-0.15, -0.1) is 0 Å². The lowest BCUT2D eigenvalue weighted by Gasteiger charge is -2.10. The Kier molecular flexibility index (Phi) is 3.48. The molecule has 13 heavy (non-hydrogen) atoms. The molecule has 1 aromatic carbocycles. The second-order valence-corrected chi connectivity index (χ2v) is 3.79. The summed E-state index contributed by atoms with van der Waals surface area (Å²) in [5, 5.41) is 2.72. The number of halogens is 1. The Morgan fingerprint density at radius 1 is 1.54 bits per heavy atom. The average Bonchev–Trinajstić information content (AvgIpc) is 2.09. The number of nitrogens with one attached hydrogen (secondary N) is 1. The molecule has 0 aliphatic heterocycles. The Balaban J connectivity index is 3.20. The largest absolute Gasteiger partial charge is 0.328 e. The van der Waals surface area contributed by atoms with E-state index in [9.17, 15) is 4.79 Å². The lowest BCUT2D eigenvalue weighted by Crippen LogP contribution is -2.00. The molecule has 0 heterocycles. The molecule has 0 bridgehead atoms. The predicted octanol–water partition coefficient (Wildman–Crippen LogP) is 2.89. The zero-order valence-corrected chi connectivity index (χ0v) is 9.31. The van der Waals surface area contributed by atoms with Crippen molar-refractivity contribution in [1.82, 2.24) is 0 Å². The van der Waals surface area contributed by atoms with Gasteiger partial charge in [0.2, 0.25) is 6.41 Å². The zero-order valence-electron chi connectivity index (χ0n) is 7.73. The number of hydrogen-bond acceptors (Lipinski definition) is 1. The van der Waals surface area contributed by atoms with Crippen molar-refractivity contribution in [2.75, 3.05) is 5.32 Å². The zero-order chi connectivity index (χ0) is 9.84. The van der Waals surface area contributed by atoms with E-state index in [4.69, 9.17) is 0 Å². The first-order valence-corrected chi connectivity index (χ1v) is 4.97. The summed E-state index contributed by atoms with van der Waals surface area (Å²) in [4.78, 5) is 10.4. The van der Waals surface area contributed by atoms with E-state index < -0.39 is 0 Å².